The Balaban J connectivity index is 1.65. The first-order valence-corrected chi connectivity index (χ1v) is 14.1. The van der Waals surface area contributed by atoms with Crippen molar-refractivity contribution in [1.29, 1.82) is 0 Å². The lowest BCUT2D eigenvalue weighted by Crippen LogP contribution is -2.52. The molecule has 4 rings (SSSR count). The van der Waals surface area contributed by atoms with Gasteiger partial charge in [0.1, 0.15) is 5.84 Å². The number of pyridine rings is 1. The van der Waals surface area contributed by atoms with Crippen molar-refractivity contribution in [2.75, 3.05) is 18.4 Å². The number of hydrogen-bond acceptors (Lipinski definition) is 6. The Labute approximate surface area is 232 Å². The molecule has 1 amide bonds. The molecule has 1 aliphatic carbocycles. The normalized spacial score (nSPS) is 16.2. The van der Waals surface area contributed by atoms with Crippen LogP contribution in [-0.2, 0) is 11.3 Å². The molecule has 0 saturated heterocycles. The lowest BCUT2D eigenvalue weighted by atomic mass is 9.82. The van der Waals surface area contributed by atoms with Gasteiger partial charge in [-0.05, 0) is 75.4 Å². The second-order valence-electron chi connectivity index (χ2n) is 10.8. The topological polar surface area (TPSA) is 101 Å². The van der Waals surface area contributed by atoms with Gasteiger partial charge in [0, 0.05) is 36.7 Å². The molecule has 1 aromatic heterocycles. The summed E-state index contributed by atoms with van der Waals surface area (Å²) in [6, 6.07) is 11.7. The Morgan fingerprint density at radius 1 is 1.13 bits per heavy atom. The van der Waals surface area contributed by atoms with Crippen LogP contribution in [0, 0.1) is 18.8 Å². The molecule has 1 aromatic carbocycles. The maximum Gasteiger partial charge on any atom is 0.254 e. The number of nitrogens with zero attached hydrogens (tertiary/aromatic N) is 3. The number of amides is 1. The molecule has 2 aromatic rings. The van der Waals surface area contributed by atoms with Crippen LogP contribution < -0.4 is 11.1 Å². The molecular weight excluding hydrogens is 486 g/mol. The summed E-state index contributed by atoms with van der Waals surface area (Å²) in [5.74, 6) is 1.28. The number of aliphatic imine (C=N–C) groups is 1. The fraction of sp³-hybridized carbons (Fsp3) is 0.438. The number of rotatable bonds is 12. The van der Waals surface area contributed by atoms with E-state index >= 15 is 0 Å². The van der Waals surface area contributed by atoms with E-state index in [1.807, 2.05) is 60.4 Å². The summed E-state index contributed by atoms with van der Waals surface area (Å²) >= 11 is 0. The van der Waals surface area contributed by atoms with Crippen LogP contribution in [0.5, 0.6) is 0 Å². The number of fused-ring (bicyclic) bond motifs is 1. The van der Waals surface area contributed by atoms with Gasteiger partial charge in [-0.1, -0.05) is 49.3 Å². The minimum absolute atomic E-state index is 0.000307. The fourth-order valence-corrected chi connectivity index (χ4v) is 5.53. The van der Waals surface area contributed by atoms with Gasteiger partial charge in [0.25, 0.3) is 5.91 Å². The SMILES string of the molecule is Cc1ccc(C(=O)N(CCCN)C(C(C)C)C(CCCC2=CCC(=O)C=C2)C2=NCc3ncccc3N2)cc1. The molecule has 0 radical (unpaired) electrons. The van der Waals surface area contributed by atoms with E-state index in [4.69, 9.17) is 10.7 Å². The highest BCUT2D eigenvalue weighted by Gasteiger charge is 2.37. The van der Waals surface area contributed by atoms with Crippen LogP contribution in [0.4, 0.5) is 5.69 Å². The zero-order valence-corrected chi connectivity index (χ0v) is 23.4. The van der Waals surface area contributed by atoms with Crippen LogP contribution in [0.15, 0.2) is 71.4 Å². The highest BCUT2D eigenvalue weighted by Crippen LogP contribution is 2.31. The van der Waals surface area contributed by atoms with Gasteiger partial charge in [0.05, 0.1) is 17.9 Å². The number of allylic oxidation sites excluding steroid dienone is 4. The minimum Gasteiger partial charge on any atom is -0.342 e. The summed E-state index contributed by atoms with van der Waals surface area (Å²) in [4.78, 5) is 37.1. The number of nitrogens with one attached hydrogen (secondary N) is 1. The summed E-state index contributed by atoms with van der Waals surface area (Å²) in [6.07, 6.45) is 11.3. The van der Waals surface area contributed by atoms with E-state index in [0.29, 0.717) is 31.6 Å². The molecule has 1 aliphatic heterocycles. The van der Waals surface area contributed by atoms with Crippen molar-refractivity contribution in [2.24, 2.45) is 22.6 Å². The number of carbonyl (C=O) groups excluding carboxylic acids is 2. The van der Waals surface area contributed by atoms with Crippen molar-refractivity contribution in [3.05, 3.63) is 83.2 Å². The summed E-state index contributed by atoms with van der Waals surface area (Å²) in [5, 5.41) is 3.58. The Hall–Kier alpha value is -3.58. The zero-order valence-electron chi connectivity index (χ0n) is 23.4. The summed E-state index contributed by atoms with van der Waals surface area (Å²) in [7, 11) is 0. The van der Waals surface area contributed by atoms with Gasteiger partial charge >= 0.3 is 0 Å². The van der Waals surface area contributed by atoms with Crippen LogP contribution >= 0.6 is 0 Å². The van der Waals surface area contributed by atoms with Crippen molar-refractivity contribution in [2.45, 2.75) is 65.5 Å². The van der Waals surface area contributed by atoms with E-state index in [9.17, 15) is 9.59 Å². The van der Waals surface area contributed by atoms with Crippen LogP contribution in [0.1, 0.15) is 67.6 Å². The quantitative estimate of drug-likeness (QED) is 0.381. The number of aromatic nitrogens is 1. The molecule has 39 heavy (non-hydrogen) atoms. The van der Waals surface area contributed by atoms with E-state index in [2.05, 4.69) is 24.1 Å². The molecule has 2 atom stereocenters. The molecule has 2 heterocycles. The second-order valence-corrected chi connectivity index (χ2v) is 10.8. The van der Waals surface area contributed by atoms with Gasteiger partial charge in [-0.15, -0.1) is 0 Å². The number of carbonyl (C=O) groups is 2. The monoisotopic (exact) mass is 527 g/mol. The Morgan fingerprint density at radius 2 is 1.92 bits per heavy atom. The van der Waals surface area contributed by atoms with E-state index in [0.717, 1.165) is 48.5 Å². The van der Waals surface area contributed by atoms with Crippen LogP contribution in [0.3, 0.4) is 0 Å². The summed E-state index contributed by atoms with van der Waals surface area (Å²) in [6.45, 7) is 8.03. The van der Waals surface area contributed by atoms with Gasteiger partial charge in [0.2, 0.25) is 0 Å². The summed E-state index contributed by atoms with van der Waals surface area (Å²) in [5.41, 5.74) is 10.9. The molecule has 2 unspecified atom stereocenters. The van der Waals surface area contributed by atoms with Crippen molar-refractivity contribution >= 4 is 23.2 Å². The Bertz CT molecular complexity index is 1250. The van der Waals surface area contributed by atoms with E-state index in [1.54, 1.807) is 12.3 Å². The van der Waals surface area contributed by atoms with E-state index in [1.165, 1.54) is 5.57 Å². The van der Waals surface area contributed by atoms with Crippen molar-refractivity contribution < 1.29 is 9.59 Å². The third kappa shape index (κ3) is 7.30. The first-order valence-electron chi connectivity index (χ1n) is 14.1. The maximum absolute atomic E-state index is 14.0. The molecule has 0 fully saturated rings. The minimum atomic E-state index is -0.0766. The number of anilines is 1. The summed E-state index contributed by atoms with van der Waals surface area (Å²) < 4.78 is 0. The molecule has 3 N–H and O–H groups in total. The number of nitrogens with two attached hydrogens (primary N) is 1. The molecule has 0 bridgehead atoms. The van der Waals surface area contributed by atoms with Gasteiger partial charge < -0.3 is 16.0 Å². The maximum atomic E-state index is 14.0. The molecular formula is C32H41N5O2. The average molecular weight is 528 g/mol. The molecule has 2 aliphatic rings. The third-order valence-corrected chi connectivity index (χ3v) is 7.55. The number of hydrogen-bond donors (Lipinski definition) is 2. The van der Waals surface area contributed by atoms with Gasteiger partial charge in [-0.25, -0.2) is 0 Å². The molecule has 7 nitrogen and oxygen atoms in total. The Morgan fingerprint density at radius 3 is 2.62 bits per heavy atom. The highest BCUT2D eigenvalue weighted by molar-refractivity contribution is 6.00. The van der Waals surface area contributed by atoms with Gasteiger partial charge in [-0.3, -0.25) is 19.6 Å². The van der Waals surface area contributed by atoms with Gasteiger partial charge in [0.15, 0.2) is 5.78 Å². The Kier molecular flexibility index (Phi) is 9.82. The average Bonchev–Trinajstić information content (AvgIpc) is 2.94. The van der Waals surface area contributed by atoms with Crippen LogP contribution in [0.2, 0.25) is 0 Å². The molecule has 0 saturated carbocycles. The van der Waals surface area contributed by atoms with Crippen LogP contribution in [-0.4, -0.2) is 46.5 Å². The number of aryl methyl sites for hydroxylation is 1. The fourth-order valence-electron chi connectivity index (χ4n) is 5.53. The number of amidine groups is 1. The lowest BCUT2D eigenvalue weighted by molar-refractivity contribution is -0.113. The standard InChI is InChI=1S/C32H41N5O2/c1-22(2)30(37(20-6-18-33)32(39)25-14-10-23(3)11-15-25)27(8-4-7-24-12-16-26(38)17-13-24)31-35-21-29-28(36-31)9-5-19-34-29/h5,9-16,19,22,27,30H,4,6-8,17-18,20-21,33H2,1-3H3,(H,35,36). The van der Waals surface area contributed by atoms with E-state index < -0.39 is 0 Å². The van der Waals surface area contributed by atoms with Crippen molar-refractivity contribution in [1.82, 2.24) is 9.88 Å². The largest absolute Gasteiger partial charge is 0.342 e. The number of ketones is 1. The number of benzene rings is 1. The molecule has 7 heteroatoms. The highest BCUT2D eigenvalue weighted by atomic mass is 16.2. The lowest BCUT2D eigenvalue weighted by Gasteiger charge is -2.41. The van der Waals surface area contributed by atoms with Gasteiger partial charge in [-0.2, -0.15) is 0 Å². The second kappa shape index (κ2) is 13.5. The first kappa shape index (κ1) is 28.4. The van der Waals surface area contributed by atoms with Crippen molar-refractivity contribution in [3.63, 3.8) is 0 Å². The smallest absolute Gasteiger partial charge is 0.254 e. The third-order valence-electron chi connectivity index (χ3n) is 7.55. The van der Waals surface area contributed by atoms with E-state index in [-0.39, 0.29) is 29.6 Å². The van der Waals surface area contributed by atoms with Crippen molar-refractivity contribution in [3.8, 4) is 0 Å². The predicted octanol–water partition coefficient (Wildman–Crippen LogP) is 5.47. The zero-order chi connectivity index (χ0) is 27.8. The molecule has 206 valence electrons. The van der Waals surface area contributed by atoms with Crippen LogP contribution in [0.25, 0.3) is 0 Å². The predicted molar refractivity (Wildman–Crippen MR) is 158 cm³/mol. The first-order chi connectivity index (χ1) is 18.9. The molecule has 0 spiro atoms.